The van der Waals surface area contributed by atoms with Crippen LogP contribution < -0.4 is 0 Å². The third-order valence-corrected chi connectivity index (χ3v) is 9.22. The Morgan fingerprint density at radius 3 is 2.40 bits per heavy atom. The van der Waals surface area contributed by atoms with Crippen LogP contribution in [0.5, 0.6) is 0 Å². The van der Waals surface area contributed by atoms with Gasteiger partial charge in [-0.1, -0.05) is 82.0 Å². The summed E-state index contributed by atoms with van der Waals surface area (Å²) >= 11 is 0. The molecule has 30 heavy (non-hydrogen) atoms. The second-order valence-corrected chi connectivity index (χ2v) is 11.0. The molecule has 2 aliphatic rings. The molecule has 1 saturated heterocycles. The molecule has 4 rings (SSSR count). The normalized spacial score (nSPS) is 27.2. The van der Waals surface area contributed by atoms with E-state index in [4.69, 9.17) is 0 Å². The lowest BCUT2D eigenvalue weighted by molar-refractivity contribution is 0.181. The molecule has 2 heteroatoms. The molecule has 2 aromatic carbocycles. The molecule has 2 atom stereocenters. The van der Waals surface area contributed by atoms with Gasteiger partial charge in [0.2, 0.25) is 0 Å². The average Bonchev–Trinajstić information content (AvgIpc) is 2.80. The fourth-order valence-corrected chi connectivity index (χ4v) is 7.82. The van der Waals surface area contributed by atoms with Gasteiger partial charge in [-0.15, -0.1) is 0 Å². The minimum atomic E-state index is -0.159. The maximum absolute atomic E-state index is 13.4. The average molecular weight is 421 g/mol. The zero-order valence-corrected chi connectivity index (χ0v) is 19.8. The predicted molar refractivity (Wildman–Crippen MR) is 128 cm³/mol. The SMILES string of the molecule is CCCC1CCC([C@@H]2C[Si]CC[C@H]2c2ccc(-c3ccc(F)cc3)c(CC)c2)CC1. The Morgan fingerprint density at radius 2 is 1.70 bits per heavy atom. The van der Waals surface area contributed by atoms with Crippen molar-refractivity contribution in [2.45, 2.75) is 83.2 Å². The van der Waals surface area contributed by atoms with Gasteiger partial charge < -0.3 is 0 Å². The Labute approximate surface area is 185 Å². The summed E-state index contributed by atoms with van der Waals surface area (Å²) in [4.78, 5) is 0. The van der Waals surface area contributed by atoms with E-state index >= 15 is 0 Å². The second kappa shape index (κ2) is 10.3. The van der Waals surface area contributed by atoms with Gasteiger partial charge >= 0.3 is 0 Å². The van der Waals surface area contributed by atoms with E-state index < -0.39 is 0 Å². The van der Waals surface area contributed by atoms with Crippen molar-refractivity contribution in [1.82, 2.24) is 0 Å². The Balaban J connectivity index is 1.54. The minimum absolute atomic E-state index is 0.159. The third kappa shape index (κ3) is 4.90. The van der Waals surface area contributed by atoms with Gasteiger partial charge in [-0.2, -0.15) is 0 Å². The summed E-state index contributed by atoms with van der Waals surface area (Å²) in [5.74, 6) is 3.41. The van der Waals surface area contributed by atoms with Crippen LogP contribution in [0.3, 0.4) is 0 Å². The van der Waals surface area contributed by atoms with Crippen molar-refractivity contribution < 1.29 is 4.39 Å². The van der Waals surface area contributed by atoms with Crippen molar-refractivity contribution in [3.63, 3.8) is 0 Å². The molecule has 0 unspecified atom stereocenters. The fraction of sp³-hybridized carbons (Fsp3) is 0.571. The smallest absolute Gasteiger partial charge is 0.123 e. The molecule has 2 aromatic rings. The highest BCUT2D eigenvalue weighted by molar-refractivity contribution is 6.35. The Kier molecular flexibility index (Phi) is 7.46. The molecule has 0 bridgehead atoms. The van der Waals surface area contributed by atoms with Crippen molar-refractivity contribution in [3.8, 4) is 11.1 Å². The van der Waals surface area contributed by atoms with E-state index in [1.807, 2.05) is 12.1 Å². The number of hydrogen-bond acceptors (Lipinski definition) is 0. The van der Waals surface area contributed by atoms with Crippen LogP contribution in [0.4, 0.5) is 4.39 Å². The molecule has 0 spiro atoms. The molecular formula is C28H37FSi. The van der Waals surface area contributed by atoms with Crippen LogP contribution in [0.25, 0.3) is 11.1 Å². The molecule has 0 N–H and O–H groups in total. The van der Waals surface area contributed by atoms with Crippen LogP contribution >= 0.6 is 0 Å². The monoisotopic (exact) mass is 420 g/mol. The van der Waals surface area contributed by atoms with Crippen LogP contribution in [0.15, 0.2) is 42.5 Å². The van der Waals surface area contributed by atoms with E-state index in [-0.39, 0.29) is 5.82 Å². The van der Waals surface area contributed by atoms with Crippen molar-refractivity contribution in [1.29, 1.82) is 0 Å². The van der Waals surface area contributed by atoms with E-state index in [0.29, 0.717) is 0 Å². The van der Waals surface area contributed by atoms with E-state index in [0.717, 1.165) is 35.7 Å². The zero-order chi connectivity index (χ0) is 20.9. The predicted octanol–water partition coefficient (Wildman–Crippen LogP) is 8.31. The molecule has 2 fully saturated rings. The highest BCUT2D eigenvalue weighted by Crippen LogP contribution is 2.47. The third-order valence-electron chi connectivity index (χ3n) is 7.82. The number of halogens is 1. The van der Waals surface area contributed by atoms with Crippen molar-refractivity contribution in [2.24, 2.45) is 17.8 Å². The van der Waals surface area contributed by atoms with Gasteiger partial charge in [0.25, 0.3) is 0 Å². The van der Waals surface area contributed by atoms with E-state index in [1.165, 1.54) is 77.7 Å². The summed E-state index contributed by atoms with van der Waals surface area (Å²) in [6.45, 7) is 4.59. The molecule has 1 heterocycles. The number of aryl methyl sites for hydroxylation is 1. The van der Waals surface area contributed by atoms with Crippen molar-refractivity contribution in [3.05, 3.63) is 59.4 Å². The first-order valence-corrected chi connectivity index (χ1v) is 13.7. The Bertz CT molecular complexity index is 804. The highest BCUT2D eigenvalue weighted by atomic mass is 28.2. The van der Waals surface area contributed by atoms with Gasteiger partial charge in [-0.3, -0.25) is 0 Å². The van der Waals surface area contributed by atoms with E-state index in [1.54, 1.807) is 17.7 Å². The van der Waals surface area contributed by atoms with Gasteiger partial charge in [0.05, 0.1) is 0 Å². The van der Waals surface area contributed by atoms with Gasteiger partial charge in [0.15, 0.2) is 0 Å². The molecule has 1 aliphatic carbocycles. The van der Waals surface area contributed by atoms with E-state index in [9.17, 15) is 4.39 Å². The van der Waals surface area contributed by atoms with Crippen molar-refractivity contribution >= 4 is 9.52 Å². The summed E-state index contributed by atoms with van der Waals surface area (Å²) in [5, 5.41) is 0. The molecule has 0 aromatic heterocycles. The zero-order valence-electron chi connectivity index (χ0n) is 18.8. The van der Waals surface area contributed by atoms with Crippen LogP contribution in [0.1, 0.15) is 75.8 Å². The first-order valence-electron chi connectivity index (χ1n) is 12.3. The van der Waals surface area contributed by atoms with Gasteiger partial charge in [0.1, 0.15) is 5.82 Å². The maximum atomic E-state index is 13.4. The van der Waals surface area contributed by atoms with Crippen molar-refractivity contribution in [2.75, 3.05) is 0 Å². The molecule has 1 saturated carbocycles. The van der Waals surface area contributed by atoms with Crippen LogP contribution in [-0.2, 0) is 6.42 Å². The number of benzene rings is 2. The van der Waals surface area contributed by atoms with E-state index in [2.05, 4.69) is 32.0 Å². The summed E-state index contributed by atoms with van der Waals surface area (Å²) in [6, 6.07) is 17.1. The second-order valence-electron chi connectivity index (χ2n) is 9.61. The summed E-state index contributed by atoms with van der Waals surface area (Å²) < 4.78 is 13.4. The van der Waals surface area contributed by atoms with Gasteiger partial charge in [0, 0.05) is 9.52 Å². The molecule has 0 amide bonds. The summed E-state index contributed by atoms with van der Waals surface area (Å²) in [6.07, 6.45) is 11.0. The quantitative estimate of drug-likeness (QED) is 0.412. The molecule has 1 aliphatic heterocycles. The standard InChI is InChI=1S/C28H37FSi/c1-3-5-20-6-8-23(9-7-20)28-19-30-17-16-27(28)24-12-15-26(21(4-2)18-24)22-10-13-25(29)14-11-22/h10-15,18,20,23,27-28H,3-9,16-17,19H2,1-2H3/t20?,23?,27-,28-/m0/s1. The van der Waals surface area contributed by atoms with Crippen LogP contribution in [0.2, 0.25) is 12.1 Å². The lowest BCUT2D eigenvalue weighted by Crippen LogP contribution is -2.30. The number of hydrogen-bond donors (Lipinski definition) is 0. The first-order chi connectivity index (χ1) is 14.7. The van der Waals surface area contributed by atoms with Gasteiger partial charge in [-0.25, -0.2) is 4.39 Å². The van der Waals surface area contributed by atoms with Gasteiger partial charge in [-0.05, 0) is 83.7 Å². The molecule has 0 nitrogen and oxygen atoms in total. The lowest BCUT2D eigenvalue weighted by Gasteiger charge is -2.41. The number of rotatable bonds is 6. The first kappa shape index (κ1) is 21.8. The topological polar surface area (TPSA) is 0 Å². The highest BCUT2D eigenvalue weighted by Gasteiger charge is 2.35. The summed E-state index contributed by atoms with van der Waals surface area (Å²) in [5.41, 5.74) is 5.40. The van der Waals surface area contributed by atoms with Crippen LogP contribution in [-0.4, -0.2) is 9.52 Å². The van der Waals surface area contributed by atoms with Crippen LogP contribution in [0, 0.1) is 23.6 Å². The molecular weight excluding hydrogens is 383 g/mol. The fourth-order valence-electron chi connectivity index (χ4n) is 6.15. The Morgan fingerprint density at radius 1 is 0.933 bits per heavy atom. The largest absolute Gasteiger partial charge is 0.207 e. The Hall–Kier alpha value is -1.41. The molecule has 2 radical (unpaired) electrons. The summed E-state index contributed by atoms with van der Waals surface area (Å²) in [7, 11) is 1.17. The minimum Gasteiger partial charge on any atom is -0.207 e. The maximum Gasteiger partial charge on any atom is 0.123 e. The lowest BCUT2D eigenvalue weighted by atomic mass is 9.69. The molecule has 160 valence electrons.